The van der Waals surface area contributed by atoms with Gasteiger partial charge in [0.25, 0.3) is 0 Å². The van der Waals surface area contributed by atoms with E-state index >= 15 is 0 Å². The van der Waals surface area contributed by atoms with Crippen LogP contribution in [0.4, 0.5) is 4.39 Å². The molecule has 147 valence electrons. The topological polar surface area (TPSA) is 61.2 Å². The molecule has 1 radical (unpaired) electrons. The van der Waals surface area contributed by atoms with Crippen LogP contribution in [0.1, 0.15) is 21.5 Å². The highest BCUT2D eigenvalue weighted by Crippen LogP contribution is 2.35. The van der Waals surface area contributed by atoms with Crippen molar-refractivity contribution in [1.29, 1.82) is 0 Å². The highest BCUT2D eigenvalue weighted by Gasteiger charge is 2.19. The lowest BCUT2D eigenvalue weighted by molar-refractivity contribution is 0.100. The number of carbonyl (C=O) groups excluding carboxylic acids is 1. The molecule has 2 aromatic heterocycles. The van der Waals surface area contributed by atoms with Gasteiger partial charge in [-0.15, -0.1) is 0 Å². The summed E-state index contributed by atoms with van der Waals surface area (Å²) in [6, 6.07) is 21.6. The van der Waals surface area contributed by atoms with Crippen LogP contribution in [0, 0.1) is 18.8 Å². The minimum atomic E-state index is -0.509. The maximum absolute atomic E-state index is 14.8. The Labute approximate surface area is 172 Å². The third kappa shape index (κ3) is 2.78. The summed E-state index contributed by atoms with van der Waals surface area (Å²) >= 11 is 0. The van der Waals surface area contributed by atoms with Gasteiger partial charge < -0.3 is 14.7 Å². The van der Waals surface area contributed by atoms with Gasteiger partial charge in [0.15, 0.2) is 0 Å². The van der Waals surface area contributed by atoms with Gasteiger partial charge in [0.1, 0.15) is 11.6 Å². The van der Waals surface area contributed by atoms with Crippen molar-refractivity contribution in [1.82, 2.24) is 4.57 Å². The van der Waals surface area contributed by atoms with Crippen LogP contribution in [0.25, 0.3) is 33.1 Å². The van der Waals surface area contributed by atoms with Crippen molar-refractivity contribution >= 4 is 27.7 Å². The van der Waals surface area contributed by atoms with Crippen LogP contribution in [0.5, 0.6) is 0 Å². The zero-order valence-electron chi connectivity index (χ0n) is 16.3. The molecule has 0 unspecified atom stereocenters. The Morgan fingerprint density at radius 1 is 1.13 bits per heavy atom. The molecule has 0 atom stereocenters. The van der Waals surface area contributed by atoms with E-state index in [0.29, 0.717) is 29.0 Å². The average molecular weight is 397 g/mol. The van der Waals surface area contributed by atoms with Crippen molar-refractivity contribution in [3.05, 3.63) is 95.5 Å². The third-order valence-electron chi connectivity index (χ3n) is 5.47. The minimum absolute atomic E-state index is 0.232. The molecule has 1 amide bonds. The van der Waals surface area contributed by atoms with Crippen molar-refractivity contribution in [2.24, 2.45) is 5.73 Å². The number of rotatable bonds is 4. The molecule has 2 heterocycles. The van der Waals surface area contributed by atoms with Crippen molar-refractivity contribution in [2.75, 3.05) is 0 Å². The Hall–Kier alpha value is -3.86. The van der Waals surface area contributed by atoms with Crippen LogP contribution in [0.15, 0.2) is 71.3 Å². The van der Waals surface area contributed by atoms with E-state index in [1.165, 1.54) is 0 Å². The Balaban J connectivity index is 1.83. The second-order valence-electron chi connectivity index (χ2n) is 7.32. The summed E-state index contributed by atoms with van der Waals surface area (Å²) in [7, 11) is 0. The molecule has 0 aliphatic rings. The number of hydrogen-bond acceptors (Lipinski definition) is 2. The summed E-state index contributed by atoms with van der Waals surface area (Å²) in [6.07, 6.45) is 1.61. The predicted molar refractivity (Wildman–Crippen MR) is 115 cm³/mol. The monoisotopic (exact) mass is 397 g/mol. The van der Waals surface area contributed by atoms with Crippen LogP contribution in [-0.4, -0.2) is 10.5 Å². The first-order valence-electron chi connectivity index (χ1n) is 9.59. The SMILES string of the molecule is Cc1cccc(Cn2c3cc(-c4ccco4)c[c]c3c3c(C(N)=O)cccc32)c1F. The number of hydrogen-bond donors (Lipinski definition) is 1. The van der Waals surface area contributed by atoms with Crippen LogP contribution in [0.3, 0.4) is 0 Å². The highest BCUT2D eigenvalue weighted by atomic mass is 19.1. The number of primary amides is 1. The van der Waals surface area contributed by atoms with E-state index in [1.54, 1.807) is 37.5 Å². The molecule has 5 aromatic rings. The smallest absolute Gasteiger partial charge is 0.249 e. The number of aromatic nitrogens is 1. The molecule has 0 spiro atoms. The second kappa shape index (κ2) is 6.88. The Morgan fingerprint density at radius 2 is 1.97 bits per heavy atom. The molecular weight excluding hydrogens is 379 g/mol. The second-order valence-corrected chi connectivity index (χ2v) is 7.32. The van der Waals surface area contributed by atoms with Gasteiger partial charge in [-0.3, -0.25) is 4.79 Å². The Bertz CT molecular complexity index is 1410. The fourth-order valence-electron chi connectivity index (χ4n) is 4.02. The molecule has 0 fully saturated rings. The minimum Gasteiger partial charge on any atom is -0.464 e. The van der Waals surface area contributed by atoms with Gasteiger partial charge in [0.2, 0.25) is 5.91 Å². The van der Waals surface area contributed by atoms with Gasteiger partial charge in [0, 0.05) is 27.5 Å². The highest BCUT2D eigenvalue weighted by molar-refractivity contribution is 6.18. The lowest BCUT2D eigenvalue weighted by atomic mass is 10.0. The zero-order chi connectivity index (χ0) is 20.8. The van der Waals surface area contributed by atoms with Gasteiger partial charge in [-0.2, -0.15) is 0 Å². The number of aryl methyl sites for hydroxylation is 1. The van der Waals surface area contributed by atoms with E-state index < -0.39 is 5.91 Å². The number of benzene rings is 3. The summed E-state index contributed by atoms with van der Waals surface area (Å²) in [5, 5.41) is 1.49. The molecule has 30 heavy (non-hydrogen) atoms. The molecule has 5 heteroatoms. The van der Waals surface area contributed by atoms with Gasteiger partial charge in [-0.25, -0.2) is 4.39 Å². The van der Waals surface area contributed by atoms with Crippen molar-refractivity contribution < 1.29 is 13.6 Å². The molecule has 5 rings (SSSR count). The number of carbonyl (C=O) groups is 1. The molecule has 0 bridgehead atoms. The first kappa shape index (κ1) is 18.2. The fourth-order valence-corrected chi connectivity index (χ4v) is 4.02. The molecule has 4 nitrogen and oxygen atoms in total. The first-order valence-corrected chi connectivity index (χ1v) is 9.59. The molecule has 0 aliphatic carbocycles. The lowest BCUT2D eigenvalue weighted by Crippen LogP contribution is -2.11. The number of furan rings is 1. The molecule has 2 N–H and O–H groups in total. The molecular formula is C25H18FN2O2. The zero-order valence-corrected chi connectivity index (χ0v) is 16.3. The average Bonchev–Trinajstić information content (AvgIpc) is 3.38. The summed E-state index contributed by atoms with van der Waals surface area (Å²) in [6.45, 7) is 2.06. The van der Waals surface area contributed by atoms with Crippen LogP contribution >= 0.6 is 0 Å². The van der Waals surface area contributed by atoms with E-state index in [0.717, 1.165) is 27.4 Å². The number of fused-ring (bicyclic) bond motifs is 3. The van der Waals surface area contributed by atoms with Gasteiger partial charge >= 0.3 is 0 Å². The lowest BCUT2D eigenvalue weighted by Gasteiger charge is -2.11. The predicted octanol–water partition coefficient (Wildman–Crippen LogP) is 5.45. The molecule has 3 aromatic carbocycles. The molecule has 0 saturated heterocycles. The quantitative estimate of drug-likeness (QED) is 0.438. The summed E-state index contributed by atoms with van der Waals surface area (Å²) < 4.78 is 22.3. The maximum atomic E-state index is 14.8. The normalized spacial score (nSPS) is 11.4. The molecule has 0 aliphatic heterocycles. The summed E-state index contributed by atoms with van der Waals surface area (Å²) in [5.74, 6) is -0.0311. The van der Waals surface area contributed by atoms with Gasteiger partial charge in [0.05, 0.1) is 23.8 Å². The van der Waals surface area contributed by atoms with Crippen LogP contribution in [-0.2, 0) is 6.54 Å². The number of nitrogens with zero attached hydrogens (tertiary/aromatic N) is 1. The van der Waals surface area contributed by atoms with Crippen LogP contribution < -0.4 is 5.73 Å². The largest absolute Gasteiger partial charge is 0.464 e. The van der Waals surface area contributed by atoms with Crippen molar-refractivity contribution in [3.63, 3.8) is 0 Å². The van der Waals surface area contributed by atoms with E-state index in [2.05, 4.69) is 6.07 Å². The van der Waals surface area contributed by atoms with Crippen LogP contribution in [0.2, 0.25) is 0 Å². The third-order valence-corrected chi connectivity index (χ3v) is 5.47. The van der Waals surface area contributed by atoms with E-state index in [9.17, 15) is 9.18 Å². The Morgan fingerprint density at radius 3 is 2.73 bits per heavy atom. The fraction of sp³-hybridized carbons (Fsp3) is 0.0800. The summed E-state index contributed by atoms with van der Waals surface area (Å²) in [5.41, 5.74) is 9.71. The standard InChI is InChI=1S/C25H18FN2O2/c1-15-5-2-6-17(24(15)26)14-28-20-8-3-7-19(25(27)29)23(20)18-11-10-16(13-21(18)28)22-9-4-12-30-22/h2-10,12-13H,14H2,1H3,(H2,27,29). The van der Waals surface area contributed by atoms with E-state index in [-0.39, 0.29) is 5.82 Å². The number of amides is 1. The molecule has 0 saturated carbocycles. The van der Waals surface area contributed by atoms with Gasteiger partial charge in [-0.05, 0) is 55.0 Å². The van der Waals surface area contributed by atoms with Crippen molar-refractivity contribution in [3.8, 4) is 11.3 Å². The van der Waals surface area contributed by atoms with Crippen molar-refractivity contribution in [2.45, 2.75) is 13.5 Å². The number of halogens is 1. The number of nitrogens with two attached hydrogens (primary N) is 1. The summed E-state index contributed by atoms with van der Waals surface area (Å²) in [4.78, 5) is 12.1. The maximum Gasteiger partial charge on any atom is 0.249 e. The van der Waals surface area contributed by atoms with E-state index in [1.807, 2.05) is 41.0 Å². The van der Waals surface area contributed by atoms with E-state index in [4.69, 9.17) is 10.2 Å². The Kier molecular flexibility index (Phi) is 4.17. The van der Waals surface area contributed by atoms with Gasteiger partial charge in [-0.1, -0.05) is 24.3 Å². The first-order chi connectivity index (χ1) is 14.5.